The number of ether oxygens (including phenoxy) is 1. The molecule has 0 aliphatic heterocycles. The van der Waals surface area contributed by atoms with Gasteiger partial charge in [-0.25, -0.2) is 0 Å². The van der Waals surface area contributed by atoms with Gasteiger partial charge in [-0.15, -0.1) is 13.2 Å². The number of pyridine rings is 1. The van der Waals surface area contributed by atoms with Crippen molar-refractivity contribution in [1.82, 2.24) is 9.71 Å². The van der Waals surface area contributed by atoms with Gasteiger partial charge in [-0.1, -0.05) is 24.1 Å². The molecule has 0 saturated heterocycles. The van der Waals surface area contributed by atoms with Crippen LogP contribution in [0.2, 0.25) is 0 Å². The first-order valence-electron chi connectivity index (χ1n) is 8.18. The molecule has 1 amide bonds. The van der Waals surface area contributed by atoms with Crippen molar-refractivity contribution in [2.24, 2.45) is 0 Å². The van der Waals surface area contributed by atoms with Gasteiger partial charge in [0.1, 0.15) is 5.75 Å². The van der Waals surface area contributed by atoms with E-state index in [0.717, 1.165) is 48.3 Å². The second-order valence-corrected chi connectivity index (χ2v) is 6.64. The monoisotopic (exact) mass is 446 g/mol. The number of carbonyl (C=O) groups is 1. The highest BCUT2D eigenvalue weighted by atomic mass is 32.2. The third kappa shape index (κ3) is 4.96. The van der Waals surface area contributed by atoms with Crippen molar-refractivity contribution in [2.75, 3.05) is 6.26 Å². The summed E-state index contributed by atoms with van der Waals surface area (Å²) in [5.41, 5.74) is -0.279. The Balaban J connectivity index is 2.16. The van der Waals surface area contributed by atoms with Gasteiger partial charge < -0.3 is 4.74 Å². The minimum absolute atomic E-state index is 0.0966. The summed E-state index contributed by atoms with van der Waals surface area (Å²) in [4.78, 5) is 16.1. The number of amides is 1. The van der Waals surface area contributed by atoms with Crippen molar-refractivity contribution in [1.29, 1.82) is 0 Å². The topological polar surface area (TPSA) is 51.2 Å². The van der Waals surface area contributed by atoms with Crippen LogP contribution in [0.15, 0.2) is 48.7 Å². The molecule has 3 rings (SSSR count). The first kappa shape index (κ1) is 21.8. The van der Waals surface area contributed by atoms with Gasteiger partial charge in [0.2, 0.25) is 0 Å². The maximum absolute atomic E-state index is 12.8. The minimum Gasteiger partial charge on any atom is -0.406 e. The van der Waals surface area contributed by atoms with Crippen molar-refractivity contribution in [2.45, 2.75) is 12.5 Å². The van der Waals surface area contributed by atoms with Crippen molar-refractivity contribution < 1.29 is 35.9 Å². The molecular formula is C19H12F6N2O2S. The summed E-state index contributed by atoms with van der Waals surface area (Å²) in [5, 5.41) is 0.153. The highest BCUT2D eigenvalue weighted by Gasteiger charge is 2.32. The Labute approximate surface area is 170 Å². The van der Waals surface area contributed by atoms with Crippen LogP contribution in [0.25, 0.3) is 22.0 Å². The maximum Gasteiger partial charge on any atom is 0.573 e. The Hall–Kier alpha value is -2.95. The van der Waals surface area contributed by atoms with Gasteiger partial charge in [0.05, 0.1) is 16.6 Å². The summed E-state index contributed by atoms with van der Waals surface area (Å²) in [6.07, 6.45) is -6.69. The number of halogens is 6. The molecule has 0 fully saturated rings. The number of hydrogen-bond acceptors (Lipinski definition) is 4. The number of alkyl halides is 6. The van der Waals surface area contributed by atoms with E-state index in [2.05, 4.69) is 14.4 Å². The minimum atomic E-state index is -4.98. The van der Waals surface area contributed by atoms with Gasteiger partial charge in [-0.3, -0.25) is 14.5 Å². The quantitative estimate of drug-likeness (QED) is 0.405. The molecule has 0 aliphatic carbocycles. The molecule has 158 valence electrons. The molecule has 0 aliphatic rings. The third-order valence-electron chi connectivity index (χ3n) is 3.97. The fraction of sp³-hybridized carbons (Fsp3) is 0.158. The largest absolute Gasteiger partial charge is 0.573 e. The molecule has 1 aromatic heterocycles. The van der Waals surface area contributed by atoms with Crippen molar-refractivity contribution >= 4 is 28.8 Å². The smallest absolute Gasteiger partial charge is 0.406 e. The van der Waals surface area contributed by atoms with E-state index in [0.29, 0.717) is 0 Å². The van der Waals surface area contributed by atoms with E-state index in [4.69, 9.17) is 0 Å². The van der Waals surface area contributed by atoms with Crippen LogP contribution in [0.5, 0.6) is 5.75 Å². The van der Waals surface area contributed by atoms with Gasteiger partial charge in [-0.05, 0) is 35.9 Å². The summed E-state index contributed by atoms with van der Waals surface area (Å²) in [7, 11) is 0. The lowest BCUT2D eigenvalue weighted by Gasteiger charge is -2.14. The predicted molar refractivity (Wildman–Crippen MR) is 99.8 cm³/mol. The zero-order valence-corrected chi connectivity index (χ0v) is 15.9. The van der Waals surface area contributed by atoms with E-state index >= 15 is 0 Å². The fourth-order valence-electron chi connectivity index (χ4n) is 2.75. The lowest BCUT2D eigenvalue weighted by atomic mass is 9.99. The molecule has 0 spiro atoms. The molecule has 0 saturated carbocycles. The average molecular weight is 446 g/mol. The van der Waals surface area contributed by atoms with Gasteiger partial charge in [-0.2, -0.15) is 13.2 Å². The summed E-state index contributed by atoms with van der Waals surface area (Å²) >= 11 is 1.03. The highest BCUT2D eigenvalue weighted by Crippen LogP contribution is 2.36. The second-order valence-electron chi connectivity index (χ2n) is 6.02. The van der Waals surface area contributed by atoms with E-state index in [9.17, 15) is 31.1 Å². The third-order valence-corrected chi connectivity index (χ3v) is 4.36. The fourth-order valence-corrected chi connectivity index (χ4v) is 3.05. The number of rotatable bonds is 4. The SMILES string of the molecule is CSNC(=O)c1cnc2c(-c3ccc(C(F)(F)F)cc3)cc(OC(F)(F)F)cc2c1. The molecule has 0 unspecified atom stereocenters. The number of nitrogens with zero attached hydrogens (tertiary/aromatic N) is 1. The number of carbonyl (C=O) groups excluding carboxylic acids is 1. The van der Waals surface area contributed by atoms with Crippen LogP contribution in [0, 0.1) is 0 Å². The molecule has 11 heteroatoms. The number of nitrogens with one attached hydrogen (secondary N) is 1. The zero-order valence-electron chi connectivity index (χ0n) is 15.1. The maximum atomic E-state index is 12.8. The summed E-state index contributed by atoms with van der Waals surface area (Å²) in [6.45, 7) is 0. The van der Waals surface area contributed by atoms with Crippen LogP contribution >= 0.6 is 11.9 Å². The standard InChI is InChI=1S/C19H12F6N2O2S/c1-30-27-17(28)12-6-11-7-14(29-19(23,24)25)8-15(16(11)26-9-12)10-2-4-13(5-3-10)18(20,21)22/h2-9H,1H3,(H,27,28). The first-order valence-corrected chi connectivity index (χ1v) is 9.41. The van der Waals surface area contributed by atoms with Gasteiger partial charge >= 0.3 is 12.5 Å². The predicted octanol–water partition coefficient (Wildman–Crippen LogP) is 5.83. The summed E-state index contributed by atoms with van der Waals surface area (Å²) in [6, 6.07) is 7.31. The van der Waals surface area contributed by atoms with Crippen molar-refractivity contribution in [3.63, 3.8) is 0 Å². The Morgan fingerprint density at radius 2 is 1.70 bits per heavy atom. The Bertz CT molecular complexity index is 1080. The van der Waals surface area contributed by atoms with Crippen molar-refractivity contribution in [3.05, 3.63) is 59.8 Å². The summed E-state index contributed by atoms with van der Waals surface area (Å²) in [5.74, 6) is -1.09. The van der Waals surface area contributed by atoms with Crippen LogP contribution in [0.3, 0.4) is 0 Å². The molecule has 1 N–H and O–H groups in total. The Kier molecular flexibility index (Phi) is 5.84. The second kappa shape index (κ2) is 8.05. The number of hydrogen-bond donors (Lipinski definition) is 1. The highest BCUT2D eigenvalue weighted by molar-refractivity contribution is 7.97. The molecule has 0 atom stereocenters. The van der Waals surface area contributed by atoms with Crippen LogP contribution in [-0.4, -0.2) is 23.5 Å². The number of aromatic nitrogens is 1. The molecule has 3 aromatic rings. The summed E-state index contributed by atoms with van der Waals surface area (Å²) < 4.78 is 83.1. The van der Waals surface area contributed by atoms with Gasteiger partial charge in [0.25, 0.3) is 5.91 Å². The lowest BCUT2D eigenvalue weighted by Crippen LogP contribution is -2.17. The van der Waals surface area contributed by atoms with E-state index < -0.39 is 29.8 Å². The first-order chi connectivity index (χ1) is 14.0. The van der Waals surface area contributed by atoms with E-state index in [1.807, 2.05) is 0 Å². The number of benzene rings is 2. The zero-order chi connectivity index (χ0) is 22.1. The number of fused-ring (bicyclic) bond motifs is 1. The van der Waals surface area contributed by atoms with Crippen LogP contribution in [0.4, 0.5) is 26.3 Å². The van der Waals surface area contributed by atoms with E-state index in [1.54, 1.807) is 6.26 Å². The Morgan fingerprint density at radius 3 is 2.27 bits per heavy atom. The molecule has 0 bridgehead atoms. The molecule has 0 radical (unpaired) electrons. The molecule has 2 aromatic carbocycles. The average Bonchev–Trinajstić information content (AvgIpc) is 2.65. The molecule has 1 heterocycles. The normalized spacial score (nSPS) is 12.1. The van der Waals surface area contributed by atoms with Crippen LogP contribution < -0.4 is 9.46 Å². The van der Waals surface area contributed by atoms with Gasteiger partial charge in [0.15, 0.2) is 0 Å². The molecule has 30 heavy (non-hydrogen) atoms. The van der Waals surface area contributed by atoms with Crippen molar-refractivity contribution in [3.8, 4) is 16.9 Å². The van der Waals surface area contributed by atoms with Gasteiger partial charge in [0, 0.05) is 23.4 Å². The Morgan fingerprint density at radius 1 is 1.03 bits per heavy atom. The van der Waals surface area contributed by atoms with E-state index in [-0.39, 0.29) is 27.6 Å². The van der Waals surface area contributed by atoms with Crippen LogP contribution in [-0.2, 0) is 6.18 Å². The van der Waals surface area contributed by atoms with E-state index in [1.165, 1.54) is 12.3 Å². The molecule has 4 nitrogen and oxygen atoms in total. The lowest BCUT2D eigenvalue weighted by molar-refractivity contribution is -0.274. The molecular weight excluding hydrogens is 434 g/mol. The van der Waals surface area contributed by atoms with Crippen LogP contribution in [0.1, 0.15) is 15.9 Å².